The number of nitrogens with one attached hydrogen (secondary N) is 1. The molecule has 1 aliphatic rings. The second-order valence-corrected chi connectivity index (χ2v) is 12.1. The van der Waals surface area contributed by atoms with Crippen molar-refractivity contribution in [3.63, 3.8) is 0 Å². The van der Waals surface area contributed by atoms with Gasteiger partial charge in [-0.1, -0.05) is 30.3 Å². The molecule has 2 aromatic rings. The molecule has 1 fully saturated rings. The van der Waals surface area contributed by atoms with E-state index in [0.29, 0.717) is 31.6 Å². The van der Waals surface area contributed by atoms with Crippen molar-refractivity contribution in [3.8, 4) is 0 Å². The maximum absolute atomic E-state index is 12.8. The summed E-state index contributed by atoms with van der Waals surface area (Å²) in [4.78, 5) is 12.7. The van der Waals surface area contributed by atoms with E-state index in [0.717, 1.165) is 5.56 Å². The van der Waals surface area contributed by atoms with Crippen LogP contribution in [0.1, 0.15) is 25.3 Å². The summed E-state index contributed by atoms with van der Waals surface area (Å²) in [6, 6.07) is 15.4. The van der Waals surface area contributed by atoms with Gasteiger partial charge in [-0.05, 0) is 49.6 Å². The molecule has 1 amide bonds. The van der Waals surface area contributed by atoms with Crippen LogP contribution in [0.5, 0.6) is 0 Å². The van der Waals surface area contributed by atoms with Crippen molar-refractivity contribution in [1.29, 1.82) is 0 Å². The lowest BCUT2D eigenvalue weighted by atomic mass is 9.97. The maximum Gasteiger partial charge on any atom is 0.243 e. The van der Waals surface area contributed by atoms with E-state index in [1.54, 1.807) is 19.1 Å². The van der Waals surface area contributed by atoms with Crippen molar-refractivity contribution in [2.45, 2.75) is 31.2 Å². The predicted molar refractivity (Wildman–Crippen MR) is 124 cm³/mol. The summed E-state index contributed by atoms with van der Waals surface area (Å²) in [6.07, 6.45) is 0.920. The number of hydrogen-bond donors (Lipinski definition) is 1. The van der Waals surface area contributed by atoms with Crippen LogP contribution in [0.25, 0.3) is 0 Å². The van der Waals surface area contributed by atoms with Crippen LogP contribution in [0, 0.1) is 5.92 Å². The predicted octanol–water partition coefficient (Wildman–Crippen LogP) is 2.51. The lowest BCUT2D eigenvalue weighted by Crippen LogP contribution is -2.42. The van der Waals surface area contributed by atoms with Crippen LogP contribution in [0.3, 0.4) is 0 Å². The zero-order valence-corrected chi connectivity index (χ0v) is 19.9. The number of rotatable bonds is 8. The smallest absolute Gasteiger partial charge is 0.243 e. The number of amides is 1. The molecule has 1 aliphatic heterocycles. The molecule has 10 heteroatoms. The third-order valence-corrected chi connectivity index (χ3v) is 9.36. The molecule has 32 heavy (non-hydrogen) atoms. The molecule has 1 heterocycles. The van der Waals surface area contributed by atoms with Gasteiger partial charge in [0, 0.05) is 38.3 Å². The van der Waals surface area contributed by atoms with Crippen LogP contribution in [-0.4, -0.2) is 57.2 Å². The monoisotopic (exact) mass is 479 g/mol. The maximum atomic E-state index is 12.8. The van der Waals surface area contributed by atoms with Crippen molar-refractivity contribution in [1.82, 2.24) is 8.61 Å². The van der Waals surface area contributed by atoms with Gasteiger partial charge in [-0.15, -0.1) is 0 Å². The second-order valence-electron chi connectivity index (χ2n) is 7.83. The van der Waals surface area contributed by atoms with Crippen LogP contribution < -0.4 is 5.32 Å². The Morgan fingerprint density at radius 3 is 2.16 bits per heavy atom. The van der Waals surface area contributed by atoms with Crippen LogP contribution in [0.4, 0.5) is 5.69 Å². The van der Waals surface area contributed by atoms with Gasteiger partial charge in [-0.3, -0.25) is 4.79 Å². The highest BCUT2D eigenvalue weighted by Gasteiger charge is 2.30. The van der Waals surface area contributed by atoms with Gasteiger partial charge in [0.25, 0.3) is 0 Å². The molecular formula is C22H29N3O5S2. The Morgan fingerprint density at radius 2 is 1.59 bits per heavy atom. The SMILES string of the molecule is CCS(=O)(=O)N1CCC(C(=O)Nc2ccc(S(=O)(=O)N(C)Cc3ccccc3)cc2)CC1. The molecule has 2 aromatic carbocycles. The number of nitrogens with zero attached hydrogens (tertiary/aromatic N) is 2. The van der Waals surface area contributed by atoms with Gasteiger partial charge in [0.15, 0.2) is 0 Å². The largest absolute Gasteiger partial charge is 0.326 e. The molecule has 0 atom stereocenters. The van der Waals surface area contributed by atoms with Crippen molar-refractivity contribution in [2.24, 2.45) is 5.92 Å². The lowest BCUT2D eigenvalue weighted by Gasteiger charge is -2.30. The van der Waals surface area contributed by atoms with Crippen LogP contribution in [0.15, 0.2) is 59.5 Å². The molecule has 174 valence electrons. The summed E-state index contributed by atoms with van der Waals surface area (Å²) in [5, 5.41) is 2.81. The summed E-state index contributed by atoms with van der Waals surface area (Å²) >= 11 is 0. The van der Waals surface area contributed by atoms with Crippen LogP contribution in [-0.2, 0) is 31.4 Å². The fraction of sp³-hybridized carbons (Fsp3) is 0.409. The summed E-state index contributed by atoms with van der Waals surface area (Å²) in [7, 11) is -5.37. The highest BCUT2D eigenvalue weighted by molar-refractivity contribution is 7.89. The Balaban J connectivity index is 1.59. The summed E-state index contributed by atoms with van der Waals surface area (Å²) < 4.78 is 52.3. The Kier molecular flexibility index (Phi) is 7.71. The Bertz CT molecular complexity index is 1130. The van der Waals surface area contributed by atoms with E-state index < -0.39 is 20.0 Å². The molecule has 1 saturated heterocycles. The Morgan fingerprint density at radius 1 is 1.00 bits per heavy atom. The fourth-order valence-electron chi connectivity index (χ4n) is 3.64. The zero-order chi connectivity index (χ0) is 23.4. The van der Waals surface area contributed by atoms with Crippen LogP contribution >= 0.6 is 0 Å². The number of anilines is 1. The number of sulfonamides is 2. The quantitative estimate of drug-likeness (QED) is 0.627. The molecule has 3 rings (SSSR count). The molecule has 0 unspecified atom stereocenters. The topological polar surface area (TPSA) is 104 Å². The van der Waals surface area contributed by atoms with Gasteiger partial charge < -0.3 is 5.32 Å². The molecule has 0 bridgehead atoms. The lowest BCUT2D eigenvalue weighted by molar-refractivity contribution is -0.120. The summed E-state index contributed by atoms with van der Waals surface area (Å²) in [5.41, 5.74) is 1.39. The average molecular weight is 480 g/mol. The molecule has 0 spiro atoms. The third kappa shape index (κ3) is 5.74. The second kappa shape index (κ2) is 10.1. The molecule has 1 N–H and O–H groups in total. The first-order chi connectivity index (χ1) is 15.1. The van der Waals surface area contributed by atoms with E-state index in [4.69, 9.17) is 0 Å². The van der Waals surface area contributed by atoms with E-state index >= 15 is 0 Å². The van der Waals surface area contributed by atoms with Crippen molar-refractivity contribution in [2.75, 3.05) is 31.2 Å². The summed E-state index contributed by atoms with van der Waals surface area (Å²) in [5.74, 6) is -0.409. The first-order valence-electron chi connectivity index (χ1n) is 10.5. The molecule has 0 aromatic heterocycles. The molecule has 0 saturated carbocycles. The van der Waals surface area contributed by atoms with Crippen LogP contribution in [0.2, 0.25) is 0 Å². The molecule has 0 radical (unpaired) electrons. The number of carbonyl (C=O) groups excluding carboxylic acids is 1. The van der Waals surface area contributed by atoms with Gasteiger partial charge in [0.1, 0.15) is 0 Å². The molecule has 8 nitrogen and oxygen atoms in total. The zero-order valence-electron chi connectivity index (χ0n) is 18.3. The normalized spacial score (nSPS) is 16.2. The summed E-state index contributed by atoms with van der Waals surface area (Å²) in [6.45, 7) is 2.53. The van der Waals surface area contributed by atoms with E-state index in [9.17, 15) is 21.6 Å². The number of benzene rings is 2. The van der Waals surface area contributed by atoms with Gasteiger partial charge in [0.05, 0.1) is 10.6 Å². The van der Waals surface area contributed by atoms with Crippen molar-refractivity contribution >= 4 is 31.6 Å². The van der Waals surface area contributed by atoms with Crippen molar-refractivity contribution in [3.05, 3.63) is 60.2 Å². The third-order valence-electron chi connectivity index (χ3n) is 5.66. The van der Waals surface area contributed by atoms with E-state index in [2.05, 4.69) is 5.32 Å². The van der Waals surface area contributed by atoms with E-state index in [-0.39, 0.29) is 29.0 Å². The Hall–Kier alpha value is -2.27. The highest BCUT2D eigenvalue weighted by atomic mass is 32.2. The number of carbonyl (C=O) groups is 1. The highest BCUT2D eigenvalue weighted by Crippen LogP contribution is 2.23. The van der Waals surface area contributed by atoms with E-state index in [1.165, 1.54) is 27.8 Å². The van der Waals surface area contributed by atoms with Gasteiger partial charge in [-0.2, -0.15) is 4.31 Å². The number of piperidine rings is 1. The number of hydrogen-bond acceptors (Lipinski definition) is 5. The first-order valence-corrected chi connectivity index (χ1v) is 13.6. The standard InChI is InChI=1S/C22H29N3O5S2/c1-3-31(27,28)25-15-13-19(14-16-25)22(26)23-20-9-11-21(12-10-20)32(29,30)24(2)17-18-7-5-4-6-8-18/h4-12,19H,3,13-17H2,1-2H3,(H,23,26). The average Bonchev–Trinajstić information content (AvgIpc) is 2.80. The first kappa shape index (κ1) is 24.4. The molecular weight excluding hydrogens is 450 g/mol. The molecule has 0 aliphatic carbocycles. The fourth-order valence-corrected chi connectivity index (χ4v) is 5.93. The van der Waals surface area contributed by atoms with Gasteiger partial charge in [0.2, 0.25) is 26.0 Å². The van der Waals surface area contributed by atoms with Crippen molar-refractivity contribution < 1.29 is 21.6 Å². The van der Waals surface area contributed by atoms with Gasteiger partial charge in [-0.25, -0.2) is 21.1 Å². The minimum Gasteiger partial charge on any atom is -0.326 e. The van der Waals surface area contributed by atoms with Gasteiger partial charge >= 0.3 is 0 Å². The minimum atomic E-state index is -3.67. The minimum absolute atomic E-state index is 0.0552. The van der Waals surface area contributed by atoms with E-state index in [1.807, 2.05) is 30.3 Å². The Labute approximate surface area is 190 Å².